The number of hydrogen-bond acceptors (Lipinski definition) is 17. The van der Waals surface area contributed by atoms with E-state index in [1.807, 2.05) is 84.0 Å². The lowest BCUT2D eigenvalue weighted by molar-refractivity contribution is -0.192. The lowest BCUT2D eigenvalue weighted by Gasteiger charge is -2.31. The average Bonchev–Trinajstić information content (AvgIpc) is 1.77. The van der Waals surface area contributed by atoms with Gasteiger partial charge in [0.05, 0.1) is 6.61 Å². The van der Waals surface area contributed by atoms with Gasteiger partial charge in [0.15, 0.2) is 11.9 Å². The predicted molar refractivity (Wildman–Crippen MR) is 442 cm³/mol. The summed E-state index contributed by atoms with van der Waals surface area (Å²) in [5, 5.41) is 68.1. The number of alkyl halides is 3. The Morgan fingerprint density at radius 1 is 0.538 bits per heavy atom. The number of aliphatic hydroxyl groups is 1. The van der Waals surface area contributed by atoms with Gasteiger partial charge in [-0.25, -0.2) is 4.79 Å². The van der Waals surface area contributed by atoms with Crippen molar-refractivity contribution >= 4 is 105 Å². The van der Waals surface area contributed by atoms with Crippen LogP contribution < -0.4 is 74.9 Å². The number of carboxylic acid groups (broad SMARTS) is 1. The molecule has 1 aliphatic rings. The molecule has 650 valence electrons. The van der Waals surface area contributed by atoms with E-state index in [0.29, 0.717) is 104 Å². The van der Waals surface area contributed by atoms with Crippen LogP contribution in [0.4, 0.5) is 13.2 Å². The van der Waals surface area contributed by atoms with Crippen molar-refractivity contribution in [2.75, 3.05) is 52.4 Å². The van der Waals surface area contributed by atoms with Crippen molar-refractivity contribution in [3.63, 3.8) is 0 Å². The number of unbranched alkanes of at least 4 members (excludes halogenated alkanes) is 2. The first-order valence-corrected chi connectivity index (χ1v) is 40.2. The highest BCUT2D eigenvalue weighted by molar-refractivity contribution is 6.30. The number of aliphatic hydroxyl groups excluding tert-OH is 1. The minimum atomic E-state index is -5.08. The maximum atomic E-state index is 15.2. The van der Waals surface area contributed by atoms with Gasteiger partial charge in [0.25, 0.3) is 0 Å². The number of aromatic hydroxyl groups is 1. The SMILES string of the molecule is CCNC(=NCCCC[C@H](NC(=O)[C@H](CC(C)C)NC(=O)[C@@H](CCCCN=C(NCC)NCC)NC(=O)[C@H](Cc1ccc(O)cc1)NC(=O)[C@@H](CO)NC(=O)[C@@H](Cc1cccnc1)NC(=O)[C@@H](Cc1ccc(Cl)cc1)NC(=O)[C@@H](Cc1ccc2ccccc2c1)NC(C)=O)C(=O)N1CCC[C@H]1C(=O)N[C@H](C)C(N)=O)NCC.O=C(O)C(F)(F)F. The highest BCUT2D eigenvalue weighted by atomic mass is 35.5. The van der Waals surface area contributed by atoms with E-state index < -0.39 is 144 Å². The third-order valence-corrected chi connectivity index (χ3v) is 19.0. The molecule has 6 rings (SSSR count). The van der Waals surface area contributed by atoms with E-state index in [1.54, 1.807) is 36.4 Å². The van der Waals surface area contributed by atoms with Gasteiger partial charge in [0.1, 0.15) is 66.2 Å². The van der Waals surface area contributed by atoms with Crippen LogP contribution in [0, 0.1) is 5.92 Å². The lowest BCUT2D eigenvalue weighted by atomic mass is 9.99. The fraction of sp³-hybridized carbons (Fsp3) is 0.500. The molecule has 10 atom stereocenters. The molecule has 33 nitrogen and oxygen atoms in total. The lowest BCUT2D eigenvalue weighted by Crippen LogP contribution is -2.61. The molecule has 0 aliphatic carbocycles. The number of carboxylic acids is 1. The molecule has 11 amide bonds. The van der Waals surface area contributed by atoms with E-state index in [-0.39, 0.29) is 76.0 Å². The highest BCUT2D eigenvalue weighted by Gasteiger charge is 2.41. The number of aliphatic imine (C=N–C) groups is 2. The number of guanidine groups is 2. The van der Waals surface area contributed by atoms with Gasteiger partial charge < -0.3 is 95.1 Å². The molecule has 4 aromatic carbocycles. The summed E-state index contributed by atoms with van der Waals surface area (Å²) < 4.78 is 31.7. The van der Waals surface area contributed by atoms with Crippen LogP contribution in [0.2, 0.25) is 5.02 Å². The van der Waals surface area contributed by atoms with Gasteiger partial charge in [-0.2, -0.15) is 13.2 Å². The Labute approximate surface area is 695 Å². The van der Waals surface area contributed by atoms with Crippen LogP contribution in [0.3, 0.4) is 0 Å². The smallest absolute Gasteiger partial charge is 0.490 e. The normalized spacial score (nSPS) is 14.6. The van der Waals surface area contributed by atoms with Crippen LogP contribution in [0.25, 0.3) is 10.8 Å². The highest BCUT2D eigenvalue weighted by Crippen LogP contribution is 2.23. The Bertz CT molecular complexity index is 4210. The number of amides is 11. The zero-order valence-corrected chi connectivity index (χ0v) is 69.0. The van der Waals surface area contributed by atoms with Crippen LogP contribution in [-0.2, 0) is 83.2 Å². The molecule has 0 saturated carbocycles. The Balaban J connectivity index is 0.00000344. The Hall–Kier alpha value is -11.7. The molecule has 0 radical (unpaired) electrons. The summed E-state index contributed by atoms with van der Waals surface area (Å²) in [5.41, 5.74) is 7.61. The van der Waals surface area contributed by atoms with E-state index in [0.717, 1.165) is 10.8 Å². The van der Waals surface area contributed by atoms with Crippen LogP contribution >= 0.6 is 11.6 Å². The number of aliphatic carboxylic acids is 1. The second kappa shape index (κ2) is 50.8. The number of halogens is 4. The largest absolute Gasteiger partial charge is 0.508 e. The van der Waals surface area contributed by atoms with Crippen LogP contribution in [-0.4, -0.2) is 227 Å². The average molecular weight is 1680 g/mol. The zero-order valence-electron chi connectivity index (χ0n) is 68.3. The molecule has 1 aliphatic heterocycles. The van der Waals surface area contributed by atoms with Crippen LogP contribution in [0.1, 0.15) is 135 Å². The first-order chi connectivity index (χ1) is 56.7. The summed E-state index contributed by atoms with van der Waals surface area (Å²) in [7, 11) is 0. The number of likely N-dealkylation sites (tertiary alicyclic amines) is 1. The van der Waals surface area contributed by atoms with E-state index >= 15 is 9.59 Å². The molecule has 0 unspecified atom stereocenters. The summed E-state index contributed by atoms with van der Waals surface area (Å²) in [6, 6.07) is 15.3. The number of phenols is 1. The number of aromatic nitrogens is 1. The number of pyridine rings is 1. The third-order valence-electron chi connectivity index (χ3n) is 18.7. The molecule has 37 heteroatoms. The van der Waals surface area contributed by atoms with E-state index in [4.69, 9.17) is 27.2 Å². The molecule has 5 aromatic rings. The number of phenolic OH excluding ortho intramolecular Hbond substituents is 1. The molecule has 18 N–H and O–H groups in total. The van der Waals surface area contributed by atoms with E-state index in [1.165, 1.54) is 55.4 Å². The zero-order chi connectivity index (χ0) is 87.7. The quantitative estimate of drug-likeness (QED) is 0.0151. The summed E-state index contributed by atoms with van der Waals surface area (Å²) in [5.74, 6) is -10.5. The van der Waals surface area contributed by atoms with Gasteiger partial charge in [-0.05, 0) is 162 Å². The first-order valence-electron chi connectivity index (χ1n) is 39.8. The van der Waals surface area contributed by atoms with Crippen molar-refractivity contribution < 1.29 is 86.0 Å². The number of benzene rings is 4. The summed E-state index contributed by atoms with van der Waals surface area (Å²) in [6.45, 7) is 16.3. The van der Waals surface area contributed by atoms with E-state index in [9.17, 15) is 66.5 Å². The summed E-state index contributed by atoms with van der Waals surface area (Å²) >= 11 is 6.26. The van der Waals surface area contributed by atoms with Gasteiger partial charge in [0, 0.05) is 95.8 Å². The van der Waals surface area contributed by atoms with Crippen molar-refractivity contribution in [2.24, 2.45) is 21.6 Å². The van der Waals surface area contributed by atoms with Crippen molar-refractivity contribution in [3.8, 4) is 5.75 Å². The maximum absolute atomic E-state index is 15.2. The van der Waals surface area contributed by atoms with Gasteiger partial charge in [-0.3, -0.25) is 67.7 Å². The Morgan fingerprint density at radius 3 is 1.45 bits per heavy atom. The fourth-order valence-electron chi connectivity index (χ4n) is 12.7. The Kier molecular flexibility index (Phi) is 41.8. The molecule has 1 aromatic heterocycles. The van der Waals surface area contributed by atoms with Gasteiger partial charge in [-0.1, -0.05) is 98.2 Å². The minimum Gasteiger partial charge on any atom is -0.508 e. The van der Waals surface area contributed by atoms with Crippen molar-refractivity contribution in [1.29, 1.82) is 0 Å². The number of hydrogen-bond donors (Lipinski definition) is 17. The number of nitrogens with two attached hydrogens (primary N) is 1. The standard InChI is InChI=1S/C80H113ClN18O13.C2HF3O2/c1-9-84-79(85-10-2)88-38-17-15-24-60(70(104)94-62(41-49(5)6)71(105)93-61(25-16-18-39-89-80(86-11-3)87-12-4)78(112)99-40-20-26-68(99)77(111)90-50(7)69(82)103)92-73(107)64(44-53-30-35-59(102)36-31-53)97-76(110)67(48-100)98-75(109)66(46-55-21-19-37-83-47-55)96-74(108)65(43-52-28-33-58(81)34-29-52)95-72(106)63(91-51(8)101)45-54-27-32-56-22-13-14-23-57(56)42-54;3-2(4,5)1(6)7/h13-14,19,21-23,27-37,42,47,49-50,60-68,100,102H,9-12,15-18,20,24-26,38-41,43-46,48H2,1-8H3,(H2,82,103)(H,90,111)(H,91,101)(H,92,107)(H,93,105)(H,94,104)(H,95,106)(H,96,108)(H,97,110)(H,98,109)(H2,84,85,88)(H2,86,87,89);(H,6,7)/t50-,60-,61+,62+,63-,64+,65-,66-,67-,68+;/m1./s1. The second-order valence-corrected chi connectivity index (χ2v) is 29.3. The monoisotopic (exact) mass is 1680 g/mol. The van der Waals surface area contributed by atoms with Crippen molar-refractivity contribution in [2.45, 2.75) is 205 Å². The van der Waals surface area contributed by atoms with Gasteiger partial charge in [-0.15, -0.1) is 0 Å². The van der Waals surface area contributed by atoms with Crippen molar-refractivity contribution in [1.82, 2.24) is 79.0 Å². The molecule has 2 heterocycles. The minimum absolute atomic E-state index is 0.0365. The first kappa shape index (κ1) is 97.9. The van der Waals surface area contributed by atoms with Crippen LogP contribution in [0.5, 0.6) is 5.75 Å². The molecular formula is C82H114ClF3N18O15. The molecule has 1 saturated heterocycles. The Morgan fingerprint density at radius 2 is 0.966 bits per heavy atom. The number of nitrogens with zero attached hydrogens (tertiary/aromatic N) is 4. The number of primary amides is 1. The van der Waals surface area contributed by atoms with Crippen LogP contribution in [0.15, 0.2) is 126 Å². The molecule has 0 spiro atoms. The molecule has 1 fully saturated rings. The topological polar surface area (TPSA) is 489 Å². The summed E-state index contributed by atoms with van der Waals surface area (Å²) in [6.07, 6.45) is -0.316. The number of fused-ring (bicyclic) bond motifs is 1. The number of rotatable bonds is 44. The summed E-state index contributed by atoms with van der Waals surface area (Å²) in [4.78, 5) is 181. The number of carbonyl (C=O) groups excluding carboxylic acids is 11. The van der Waals surface area contributed by atoms with Gasteiger partial charge >= 0.3 is 12.1 Å². The van der Waals surface area contributed by atoms with Crippen molar-refractivity contribution in [3.05, 3.63) is 143 Å². The third kappa shape index (κ3) is 34.8. The molecule has 119 heavy (non-hydrogen) atoms. The predicted octanol–water partition coefficient (Wildman–Crippen LogP) is 2.91. The maximum Gasteiger partial charge on any atom is 0.490 e. The number of carbonyl (C=O) groups is 12. The number of nitrogens with one attached hydrogen (secondary N) is 13. The fourth-order valence-corrected chi connectivity index (χ4v) is 12.8. The van der Waals surface area contributed by atoms with E-state index in [2.05, 4.69) is 84.1 Å². The second-order valence-electron chi connectivity index (χ2n) is 28.8. The van der Waals surface area contributed by atoms with Gasteiger partial charge in [0.2, 0.25) is 65.0 Å². The molecule has 0 bridgehead atoms. The molecular weight excluding hydrogens is 1570 g/mol.